The number of hydrogen-bond acceptors (Lipinski definition) is 3. The smallest absolute Gasteiger partial charge is 0.338 e. The molecule has 0 N–H and O–H groups in total. The van der Waals surface area contributed by atoms with Crippen LogP contribution in [0.1, 0.15) is 128 Å². The molecule has 3 saturated carbocycles. The standard InChI is InChI=1S/C39H59NO2/c1-27(2)13-12-14-28(3)32-17-18-33-36-34(20-22-39(32,33)5)38(4)21-19-31(42-37(41)29-15-8-6-9-16-29)25-30(38)26-35(36)40-23-10-7-11-24-40/h6,8-9,15-16,26-28,31-36H,7,10-14,17-25H2,1-5H3/t28-,31+,32-,33+,34+,35-,36+,38+,39-/m1/s1. The Balaban J connectivity index is 1.25. The number of hydrogen-bond donors (Lipinski definition) is 0. The zero-order valence-electron chi connectivity index (χ0n) is 27.5. The summed E-state index contributed by atoms with van der Waals surface area (Å²) in [4.78, 5) is 15.9. The summed E-state index contributed by atoms with van der Waals surface area (Å²) in [5.41, 5.74) is 3.05. The van der Waals surface area contributed by atoms with Crippen LogP contribution in [0.3, 0.4) is 0 Å². The number of likely N-dealkylation sites (tertiary alicyclic amines) is 1. The lowest BCUT2D eigenvalue weighted by atomic mass is 9.45. The van der Waals surface area contributed by atoms with E-state index in [1.165, 1.54) is 77.3 Å². The molecule has 1 aromatic carbocycles. The maximum atomic E-state index is 13.0. The third kappa shape index (κ3) is 5.66. The van der Waals surface area contributed by atoms with Crippen LogP contribution in [0.2, 0.25) is 0 Å². The third-order valence-corrected chi connectivity index (χ3v) is 13.4. The van der Waals surface area contributed by atoms with Gasteiger partial charge in [-0.2, -0.15) is 0 Å². The molecule has 4 fully saturated rings. The summed E-state index contributed by atoms with van der Waals surface area (Å²) < 4.78 is 6.17. The SMILES string of the molecule is CC(C)CCC[C@@H](C)[C@H]1CC[C@H]2[C@@H]3[C@H](N4CCCCC4)C=C4C[C@@H](OC(=O)c5ccccc5)CC[C@]4(C)[C@H]3CC[C@]12C. The zero-order valence-corrected chi connectivity index (χ0v) is 27.5. The number of nitrogens with zero attached hydrogens (tertiary/aromatic N) is 1. The molecule has 1 aliphatic heterocycles. The molecule has 4 aliphatic carbocycles. The molecule has 0 bridgehead atoms. The Bertz CT molecular complexity index is 1100. The van der Waals surface area contributed by atoms with Gasteiger partial charge in [0.25, 0.3) is 0 Å². The molecule has 0 amide bonds. The molecular weight excluding hydrogens is 514 g/mol. The van der Waals surface area contributed by atoms with E-state index in [0.717, 1.165) is 54.8 Å². The number of benzene rings is 1. The van der Waals surface area contributed by atoms with Crippen molar-refractivity contribution < 1.29 is 9.53 Å². The fraction of sp³-hybridized carbons (Fsp3) is 0.769. The van der Waals surface area contributed by atoms with Crippen molar-refractivity contribution in [3.8, 4) is 0 Å². The van der Waals surface area contributed by atoms with Crippen molar-refractivity contribution in [2.75, 3.05) is 13.1 Å². The molecule has 9 atom stereocenters. The van der Waals surface area contributed by atoms with Crippen LogP contribution in [-0.4, -0.2) is 36.1 Å². The van der Waals surface area contributed by atoms with Crippen molar-refractivity contribution in [2.45, 2.75) is 130 Å². The number of esters is 1. The van der Waals surface area contributed by atoms with Gasteiger partial charge >= 0.3 is 5.97 Å². The maximum Gasteiger partial charge on any atom is 0.338 e. The number of carbonyl (C=O) groups excluding carboxylic acids is 1. The minimum absolute atomic E-state index is 0.00648. The number of fused-ring (bicyclic) bond motifs is 5. The molecule has 0 aromatic heterocycles. The van der Waals surface area contributed by atoms with Crippen molar-refractivity contribution in [1.82, 2.24) is 4.90 Å². The van der Waals surface area contributed by atoms with E-state index in [2.05, 4.69) is 45.6 Å². The molecule has 1 heterocycles. The molecule has 3 heteroatoms. The van der Waals surface area contributed by atoms with Gasteiger partial charge in [-0.1, -0.05) is 90.2 Å². The molecule has 0 spiro atoms. The summed E-state index contributed by atoms with van der Waals surface area (Å²) in [5, 5.41) is 0. The molecule has 1 aromatic rings. The Labute approximate surface area is 257 Å². The number of ether oxygens (including phenoxy) is 1. The second-order valence-electron chi connectivity index (χ2n) is 16.2. The molecule has 0 unspecified atom stereocenters. The van der Waals surface area contributed by atoms with E-state index < -0.39 is 0 Å². The summed E-state index contributed by atoms with van der Waals surface area (Å²) in [7, 11) is 0. The van der Waals surface area contributed by atoms with Crippen molar-refractivity contribution in [2.24, 2.45) is 46.3 Å². The van der Waals surface area contributed by atoms with E-state index in [4.69, 9.17) is 4.74 Å². The largest absolute Gasteiger partial charge is 0.458 e. The fourth-order valence-corrected chi connectivity index (χ4v) is 11.1. The molecule has 42 heavy (non-hydrogen) atoms. The van der Waals surface area contributed by atoms with Crippen molar-refractivity contribution in [1.29, 1.82) is 0 Å². The first-order chi connectivity index (χ1) is 20.2. The lowest BCUT2D eigenvalue weighted by Gasteiger charge is -2.62. The molecule has 232 valence electrons. The highest BCUT2D eigenvalue weighted by molar-refractivity contribution is 5.89. The monoisotopic (exact) mass is 573 g/mol. The highest BCUT2D eigenvalue weighted by Gasteiger charge is 2.62. The van der Waals surface area contributed by atoms with Gasteiger partial charge in [0.15, 0.2) is 0 Å². The Morgan fingerprint density at radius 3 is 2.43 bits per heavy atom. The van der Waals surface area contributed by atoms with Crippen LogP contribution in [0.4, 0.5) is 0 Å². The summed E-state index contributed by atoms with van der Waals surface area (Å²) in [6.07, 6.45) is 19.9. The van der Waals surface area contributed by atoms with Gasteiger partial charge in [-0.15, -0.1) is 0 Å². The molecular formula is C39H59NO2. The van der Waals surface area contributed by atoms with Crippen molar-refractivity contribution in [3.05, 3.63) is 47.5 Å². The van der Waals surface area contributed by atoms with E-state index in [9.17, 15) is 4.79 Å². The Morgan fingerprint density at radius 2 is 1.69 bits per heavy atom. The minimum Gasteiger partial charge on any atom is -0.458 e. The molecule has 6 rings (SSSR count). The van der Waals surface area contributed by atoms with Gasteiger partial charge in [0, 0.05) is 12.5 Å². The van der Waals surface area contributed by atoms with Gasteiger partial charge in [0.1, 0.15) is 6.10 Å². The normalized spacial score (nSPS) is 39.1. The summed E-state index contributed by atoms with van der Waals surface area (Å²) in [5.74, 6) is 4.82. The van der Waals surface area contributed by atoms with E-state index in [1.54, 1.807) is 5.57 Å². The predicted molar refractivity (Wildman–Crippen MR) is 173 cm³/mol. The number of carbonyl (C=O) groups is 1. The quantitative estimate of drug-likeness (QED) is 0.229. The van der Waals surface area contributed by atoms with Crippen LogP contribution in [-0.2, 0) is 4.74 Å². The second-order valence-corrected chi connectivity index (χ2v) is 16.2. The highest BCUT2D eigenvalue weighted by Crippen LogP contribution is 2.68. The zero-order chi connectivity index (χ0) is 29.5. The van der Waals surface area contributed by atoms with Crippen molar-refractivity contribution in [3.63, 3.8) is 0 Å². The predicted octanol–water partition coefficient (Wildman–Crippen LogP) is 9.72. The molecule has 5 aliphatic rings. The van der Waals surface area contributed by atoms with Crippen LogP contribution < -0.4 is 0 Å². The van der Waals surface area contributed by atoms with E-state index in [1.807, 2.05) is 30.3 Å². The average molecular weight is 574 g/mol. The fourth-order valence-electron chi connectivity index (χ4n) is 11.1. The van der Waals surface area contributed by atoms with Gasteiger partial charge in [-0.3, -0.25) is 4.90 Å². The van der Waals surface area contributed by atoms with Crippen molar-refractivity contribution >= 4 is 5.97 Å². The van der Waals surface area contributed by atoms with Gasteiger partial charge in [-0.25, -0.2) is 4.79 Å². The maximum absolute atomic E-state index is 13.0. The van der Waals surface area contributed by atoms with Gasteiger partial charge in [-0.05, 0) is 123 Å². The van der Waals surface area contributed by atoms with Crippen LogP contribution in [0.15, 0.2) is 42.0 Å². The lowest BCUT2D eigenvalue weighted by molar-refractivity contribution is -0.0881. The van der Waals surface area contributed by atoms with Gasteiger partial charge in [0.2, 0.25) is 0 Å². The highest BCUT2D eigenvalue weighted by atomic mass is 16.5. The Hall–Kier alpha value is -1.61. The first-order valence-electron chi connectivity index (χ1n) is 17.9. The second kappa shape index (κ2) is 12.4. The Morgan fingerprint density at radius 1 is 0.929 bits per heavy atom. The average Bonchev–Trinajstić information content (AvgIpc) is 3.35. The van der Waals surface area contributed by atoms with Crippen LogP contribution in [0.25, 0.3) is 0 Å². The summed E-state index contributed by atoms with van der Waals surface area (Å²) in [6, 6.07) is 10.1. The van der Waals surface area contributed by atoms with Crippen LogP contribution >= 0.6 is 0 Å². The van der Waals surface area contributed by atoms with Gasteiger partial charge in [0.05, 0.1) is 5.56 Å². The molecule has 3 nitrogen and oxygen atoms in total. The Kier molecular flexibility index (Phi) is 8.99. The van der Waals surface area contributed by atoms with Crippen LogP contribution in [0, 0.1) is 46.3 Å². The molecule has 1 saturated heterocycles. The topological polar surface area (TPSA) is 29.5 Å². The number of piperidine rings is 1. The first kappa shape index (κ1) is 30.4. The lowest BCUT2D eigenvalue weighted by Crippen LogP contribution is -2.59. The van der Waals surface area contributed by atoms with E-state index in [-0.39, 0.29) is 17.5 Å². The van der Waals surface area contributed by atoms with Gasteiger partial charge < -0.3 is 4.74 Å². The molecule has 0 radical (unpaired) electrons. The van der Waals surface area contributed by atoms with Crippen LogP contribution in [0.5, 0.6) is 0 Å². The third-order valence-electron chi connectivity index (χ3n) is 13.4. The van der Waals surface area contributed by atoms with E-state index >= 15 is 0 Å². The minimum atomic E-state index is -0.154. The number of rotatable bonds is 8. The summed E-state index contributed by atoms with van der Waals surface area (Å²) in [6.45, 7) is 15.2. The van der Waals surface area contributed by atoms with E-state index in [0.29, 0.717) is 17.0 Å². The first-order valence-corrected chi connectivity index (χ1v) is 17.9. The summed E-state index contributed by atoms with van der Waals surface area (Å²) >= 11 is 0.